The number of amides is 2. The van der Waals surface area contributed by atoms with Gasteiger partial charge in [0.2, 0.25) is 11.8 Å². The lowest BCUT2D eigenvalue weighted by molar-refractivity contribution is -0.134. The van der Waals surface area contributed by atoms with Crippen LogP contribution in [0.15, 0.2) is 54.6 Å². The zero-order chi connectivity index (χ0) is 19.2. The Balaban J connectivity index is 1.40. The summed E-state index contributed by atoms with van der Waals surface area (Å²) in [7, 11) is 3.44. The molecule has 3 rings (SSSR count). The molecule has 1 saturated carbocycles. The number of rotatable bonds is 8. The summed E-state index contributed by atoms with van der Waals surface area (Å²) in [5.41, 5.74) is 2.23. The second-order valence-electron chi connectivity index (χ2n) is 7.02. The minimum Gasteiger partial charge on any atom is -0.497 e. The van der Waals surface area contributed by atoms with E-state index in [1.165, 1.54) is 0 Å². The largest absolute Gasteiger partial charge is 0.497 e. The fraction of sp³-hybridized carbons (Fsp3) is 0.364. The van der Waals surface area contributed by atoms with E-state index in [1.807, 2.05) is 54.6 Å². The minimum absolute atomic E-state index is 0.0185. The molecule has 1 fully saturated rings. The van der Waals surface area contributed by atoms with Gasteiger partial charge in [-0.05, 0) is 36.1 Å². The second-order valence-corrected chi connectivity index (χ2v) is 7.02. The molecule has 2 aromatic carbocycles. The number of carbonyl (C=O) groups excluding carboxylic acids is 2. The summed E-state index contributed by atoms with van der Waals surface area (Å²) >= 11 is 0. The van der Waals surface area contributed by atoms with Crippen molar-refractivity contribution in [1.82, 2.24) is 10.2 Å². The van der Waals surface area contributed by atoms with Gasteiger partial charge in [-0.25, -0.2) is 0 Å². The van der Waals surface area contributed by atoms with Gasteiger partial charge in [-0.1, -0.05) is 42.5 Å². The van der Waals surface area contributed by atoms with Crippen molar-refractivity contribution in [3.8, 4) is 5.75 Å². The Morgan fingerprint density at radius 2 is 1.74 bits per heavy atom. The van der Waals surface area contributed by atoms with E-state index in [9.17, 15) is 9.59 Å². The van der Waals surface area contributed by atoms with Gasteiger partial charge < -0.3 is 15.0 Å². The highest BCUT2D eigenvalue weighted by Crippen LogP contribution is 2.40. The molecule has 5 heteroatoms. The van der Waals surface area contributed by atoms with Gasteiger partial charge in [0.05, 0.1) is 18.9 Å². The van der Waals surface area contributed by atoms with E-state index in [1.54, 1.807) is 19.1 Å². The van der Waals surface area contributed by atoms with E-state index in [4.69, 9.17) is 4.74 Å². The van der Waals surface area contributed by atoms with Crippen molar-refractivity contribution in [3.63, 3.8) is 0 Å². The highest BCUT2D eigenvalue weighted by atomic mass is 16.5. The van der Waals surface area contributed by atoms with E-state index < -0.39 is 0 Å². The molecule has 0 radical (unpaired) electrons. The average molecular weight is 366 g/mol. The monoisotopic (exact) mass is 366 g/mol. The molecule has 27 heavy (non-hydrogen) atoms. The van der Waals surface area contributed by atoms with Crippen molar-refractivity contribution >= 4 is 11.8 Å². The van der Waals surface area contributed by atoms with Crippen molar-refractivity contribution in [2.24, 2.45) is 11.8 Å². The normalized spacial score (nSPS) is 17.9. The molecule has 2 atom stereocenters. The zero-order valence-corrected chi connectivity index (χ0v) is 15.9. The highest BCUT2D eigenvalue weighted by molar-refractivity contribution is 5.92. The molecule has 0 spiro atoms. The van der Waals surface area contributed by atoms with Crippen molar-refractivity contribution in [1.29, 1.82) is 0 Å². The number of ether oxygens (including phenoxy) is 1. The fourth-order valence-corrected chi connectivity index (χ4v) is 3.23. The first-order chi connectivity index (χ1) is 13.1. The van der Waals surface area contributed by atoms with Gasteiger partial charge in [-0.2, -0.15) is 0 Å². The molecule has 2 amide bonds. The zero-order valence-electron chi connectivity index (χ0n) is 15.9. The number of methoxy groups -OCH3 is 1. The van der Waals surface area contributed by atoms with Crippen LogP contribution in [0.2, 0.25) is 0 Å². The molecule has 5 nitrogen and oxygen atoms in total. The third-order valence-corrected chi connectivity index (χ3v) is 4.96. The van der Waals surface area contributed by atoms with Gasteiger partial charge in [0, 0.05) is 20.1 Å². The van der Waals surface area contributed by atoms with Crippen LogP contribution in [0.25, 0.3) is 0 Å². The summed E-state index contributed by atoms with van der Waals surface area (Å²) < 4.78 is 5.14. The molecule has 0 aliphatic heterocycles. The summed E-state index contributed by atoms with van der Waals surface area (Å²) in [6, 6.07) is 17.7. The summed E-state index contributed by atoms with van der Waals surface area (Å²) in [4.78, 5) is 26.5. The Labute approximate surface area is 160 Å². The number of nitrogens with one attached hydrogen (secondary N) is 1. The number of benzene rings is 2. The van der Waals surface area contributed by atoms with Crippen LogP contribution in [0.4, 0.5) is 0 Å². The van der Waals surface area contributed by atoms with Crippen molar-refractivity contribution in [3.05, 3.63) is 65.7 Å². The lowest BCUT2D eigenvalue weighted by atomic mass is 10.1. The quantitative estimate of drug-likeness (QED) is 0.781. The standard InChI is InChI=1S/C22H26N2O3/c1-24(15-17-6-4-3-5-7-17)22(26)20-14-19(20)21(25)23-13-12-16-8-10-18(27-2)11-9-16/h3-11,19-20H,12-15H2,1-2H3,(H,23,25). The maximum absolute atomic E-state index is 12.5. The minimum atomic E-state index is -0.188. The third-order valence-electron chi connectivity index (χ3n) is 4.96. The van der Waals surface area contributed by atoms with Gasteiger partial charge in [0.25, 0.3) is 0 Å². The molecule has 0 saturated heterocycles. The first kappa shape index (κ1) is 19.0. The molecule has 1 aliphatic carbocycles. The number of carbonyl (C=O) groups is 2. The Morgan fingerprint density at radius 3 is 2.41 bits per heavy atom. The predicted octanol–water partition coefficient (Wildman–Crippen LogP) is 2.65. The summed E-state index contributed by atoms with van der Waals surface area (Å²) in [6.07, 6.45) is 1.40. The van der Waals surface area contributed by atoms with Crippen LogP contribution in [-0.4, -0.2) is 37.4 Å². The van der Waals surface area contributed by atoms with Crippen LogP contribution in [0.5, 0.6) is 5.75 Å². The van der Waals surface area contributed by atoms with E-state index in [-0.39, 0.29) is 23.7 Å². The first-order valence-electron chi connectivity index (χ1n) is 9.28. The third kappa shape index (κ3) is 5.09. The molecule has 1 aliphatic rings. The lowest BCUT2D eigenvalue weighted by Crippen LogP contribution is -2.32. The van der Waals surface area contributed by atoms with Gasteiger partial charge >= 0.3 is 0 Å². The van der Waals surface area contributed by atoms with Crippen LogP contribution >= 0.6 is 0 Å². The van der Waals surface area contributed by atoms with Gasteiger partial charge in [0.1, 0.15) is 5.75 Å². The topological polar surface area (TPSA) is 58.6 Å². The SMILES string of the molecule is COc1ccc(CCNC(=O)C2CC2C(=O)N(C)Cc2ccccc2)cc1. The van der Waals surface area contributed by atoms with Crippen LogP contribution in [0.3, 0.4) is 0 Å². The molecular weight excluding hydrogens is 340 g/mol. The molecule has 0 bridgehead atoms. The Bertz CT molecular complexity index is 774. The van der Waals surface area contributed by atoms with E-state index in [2.05, 4.69) is 5.32 Å². The van der Waals surface area contributed by atoms with E-state index >= 15 is 0 Å². The summed E-state index contributed by atoms with van der Waals surface area (Å²) in [5, 5.41) is 2.95. The molecule has 2 unspecified atom stereocenters. The Kier molecular flexibility index (Phi) is 6.12. The van der Waals surface area contributed by atoms with E-state index in [0.717, 1.165) is 23.3 Å². The highest BCUT2D eigenvalue weighted by Gasteiger charge is 2.48. The maximum atomic E-state index is 12.5. The number of hydrogen-bond acceptors (Lipinski definition) is 3. The second kappa shape index (κ2) is 8.71. The van der Waals surface area contributed by atoms with Gasteiger partial charge in [-0.3, -0.25) is 9.59 Å². The van der Waals surface area contributed by atoms with Crippen LogP contribution < -0.4 is 10.1 Å². The average Bonchev–Trinajstić information content (AvgIpc) is 3.49. The molecule has 0 heterocycles. The fourth-order valence-electron chi connectivity index (χ4n) is 3.23. The van der Waals surface area contributed by atoms with Crippen LogP contribution in [0.1, 0.15) is 17.5 Å². The summed E-state index contributed by atoms with van der Waals surface area (Å²) in [5.74, 6) is 0.483. The molecule has 1 N–H and O–H groups in total. The summed E-state index contributed by atoms with van der Waals surface area (Å²) in [6.45, 7) is 1.14. The molecule has 142 valence electrons. The molecule has 0 aromatic heterocycles. The first-order valence-corrected chi connectivity index (χ1v) is 9.28. The van der Waals surface area contributed by atoms with Gasteiger partial charge in [-0.15, -0.1) is 0 Å². The van der Waals surface area contributed by atoms with Crippen molar-refractivity contribution < 1.29 is 14.3 Å². The van der Waals surface area contributed by atoms with Crippen LogP contribution in [0, 0.1) is 11.8 Å². The van der Waals surface area contributed by atoms with Crippen LogP contribution in [-0.2, 0) is 22.6 Å². The molecule has 2 aromatic rings. The van der Waals surface area contributed by atoms with E-state index in [0.29, 0.717) is 19.5 Å². The number of nitrogens with zero attached hydrogens (tertiary/aromatic N) is 1. The van der Waals surface area contributed by atoms with Crippen molar-refractivity contribution in [2.75, 3.05) is 20.7 Å². The van der Waals surface area contributed by atoms with Crippen molar-refractivity contribution in [2.45, 2.75) is 19.4 Å². The maximum Gasteiger partial charge on any atom is 0.226 e. The van der Waals surface area contributed by atoms with Gasteiger partial charge in [0.15, 0.2) is 0 Å². The predicted molar refractivity (Wildman–Crippen MR) is 104 cm³/mol. The lowest BCUT2D eigenvalue weighted by Gasteiger charge is -2.17. The Morgan fingerprint density at radius 1 is 1.04 bits per heavy atom. The Hall–Kier alpha value is -2.82. The smallest absolute Gasteiger partial charge is 0.226 e. The number of hydrogen-bond donors (Lipinski definition) is 1. The molecular formula is C22H26N2O3.